The predicted octanol–water partition coefficient (Wildman–Crippen LogP) is 1.38. The second-order valence-corrected chi connectivity index (χ2v) is 5.59. The van der Waals surface area contributed by atoms with Crippen molar-refractivity contribution in [3.05, 3.63) is 23.8 Å². The van der Waals surface area contributed by atoms with E-state index in [0.29, 0.717) is 16.7 Å². The molecule has 1 saturated heterocycles. The highest BCUT2D eigenvalue weighted by atomic mass is 16.7. The number of aldehydes is 1. The third kappa shape index (κ3) is 2.04. The minimum Gasteiger partial charge on any atom is -0.399 e. The molecule has 0 atom stereocenters. The number of rotatable bonds is 2. The first-order chi connectivity index (χ1) is 8.27. The molecule has 1 aromatic carbocycles. The Kier molecular flexibility index (Phi) is 2.99. The van der Waals surface area contributed by atoms with Gasteiger partial charge in [-0.1, -0.05) is 6.07 Å². The summed E-state index contributed by atoms with van der Waals surface area (Å²) in [4.78, 5) is 11.1. The number of carbonyl (C=O) groups is 1. The minimum absolute atomic E-state index is 0.428. The molecule has 0 spiro atoms. The molecule has 4 nitrogen and oxygen atoms in total. The van der Waals surface area contributed by atoms with Crippen LogP contribution in [-0.4, -0.2) is 24.6 Å². The van der Waals surface area contributed by atoms with Crippen LogP contribution in [0, 0.1) is 0 Å². The second-order valence-electron chi connectivity index (χ2n) is 5.59. The molecule has 1 aliphatic heterocycles. The second kappa shape index (κ2) is 4.11. The van der Waals surface area contributed by atoms with Crippen molar-refractivity contribution >= 4 is 24.6 Å². The molecule has 18 heavy (non-hydrogen) atoms. The van der Waals surface area contributed by atoms with Gasteiger partial charge in [-0.2, -0.15) is 0 Å². The lowest BCUT2D eigenvalue weighted by Gasteiger charge is -2.32. The van der Waals surface area contributed by atoms with Crippen LogP contribution in [-0.2, 0) is 9.31 Å². The molecule has 0 saturated carbocycles. The molecule has 0 aromatic heterocycles. The van der Waals surface area contributed by atoms with E-state index in [4.69, 9.17) is 15.0 Å². The monoisotopic (exact) mass is 247 g/mol. The van der Waals surface area contributed by atoms with E-state index in [0.717, 1.165) is 6.29 Å². The summed E-state index contributed by atoms with van der Waals surface area (Å²) in [5.74, 6) is 0. The number of anilines is 1. The molecule has 96 valence electrons. The van der Waals surface area contributed by atoms with Crippen molar-refractivity contribution in [1.29, 1.82) is 0 Å². The highest BCUT2D eigenvalue weighted by molar-refractivity contribution is 6.63. The summed E-state index contributed by atoms with van der Waals surface area (Å²) < 4.78 is 11.8. The highest BCUT2D eigenvalue weighted by Gasteiger charge is 2.52. The van der Waals surface area contributed by atoms with Gasteiger partial charge in [0.25, 0.3) is 0 Å². The van der Waals surface area contributed by atoms with Crippen LogP contribution in [0.3, 0.4) is 0 Å². The highest BCUT2D eigenvalue weighted by Crippen LogP contribution is 2.36. The van der Waals surface area contributed by atoms with Gasteiger partial charge >= 0.3 is 7.12 Å². The third-order valence-electron chi connectivity index (χ3n) is 3.74. The maximum absolute atomic E-state index is 11.1. The number of nitrogens with two attached hydrogens (primary N) is 1. The fourth-order valence-electron chi connectivity index (χ4n) is 1.87. The zero-order valence-corrected chi connectivity index (χ0v) is 11.2. The van der Waals surface area contributed by atoms with Crippen LogP contribution in [0.1, 0.15) is 38.1 Å². The minimum atomic E-state index is -0.557. The molecule has 2 rings (SSSR count). The first-order valence-corrected chi connectivity index (χ1v) is 5.97. The Morgan fingerprint density at radius 3 is 2.22 bits per heavy atom. The summed E-state index contributed by atoms with van der Waals surface area (Å²) in [6, 6.07) is 5.10. The lowest BCUT2D eigenvalue weighted by Crippen LogP contribution is -2.41. The molecular formula is C13H18BNO3. The summed E-state index contributed by atoms with van der Waals surface area (Å²) in [5.41, 5.74) is 6.72. The molecule has 0 amide bonds. The fourth-order valence-corrected chi connectivity index (χ4v) is 1.87. The van der Waals surface area contributed by atoms with Crippen molar-refractivity contribution in [2.45, 2.75) is 38.9 Å². The Labute approximate surface area is 108 Å². The zero-order chi connectivity index (χ0) is 13.6. The average molecular weight is 247 g/mol. The lowest BCUT2D eigenvalue weighted by molar-refractivity contribution is 0.00578. The Morgan fingerprint density at radius 1 is 1.17 bits per heavy atom. The summed E-state index contributed by atoms with van der Waals surface area (Å²) in [5, 5.41) is 0. The quantitative estimate of drug-likeness (QED) is 0.487. The average Bonchev–Trinajstić information content (AvgIpc) is 2.48. The van der Waals surface area contributed by atoms with Crippen molar-refractivity contribution in [2.24, 2.45) is 0 Å². The largest absolute Gasteiger partial charge is 0.495 e. The summed E-state index contributed by atoms with van der Waals surface area (Å²) in [6.07, 6.45) is 0.791. The van der Waals surface area contributed by atoms with E-state index in [2.05, 4.69) is 0 Å². The van der Waals surface area contributed by atoms with Gasteiger partial charge in [-0.3, -0.25) is 4.79 Å². The van der Waals surface area contributed by atoms with Gasteiger partial charge in [-0.05, 0) is 45.3 Å². The predicted molar refractivity (Wildman–Crippen MR) is 72.0 cm³/mol. The van der Waals surface area contributed by atoms with Crippen LogP contribution in [0.2, 0.25) is 0 Å². The maximum atomic E-state index is 11.1. The van der Waals surface area contributed by atoms with Gasteiger partial charge in [-0.15, -0.1) is 0 Å². The van der Waals surface area contributed by atoms with Crippen molar-refractivity contribution in [2.75, 3.05) is 5.73 Å². The Balaban J connectivity index is 2.40. The summed E-state index contributed by atoms with van der Waals surface area (Å²) in [6.45, 7) is 7.89. The van der Waals surface area contributed by atoms with Crippen LogP contribution in [0.5, 0.6) is 0 Å². The molecule has 1 heterocycles. The molecule has 0 aliphatic carbocycles. The van der Waals surface area contributed by atoms with Crippen LogP contribution in [0.15, 0.2) is 18.2 Å². The van der Waals surface area contributed by atoms with Gasteiger partial charge in [0, 0.05) is 11.3 Å². The van der Waals surface area contributed by atoms with Crippen molar-refractivity contribution in [3.8, 4) is 0 Å². The maximum Gasteiger partial charge on any atom is 0.495 e. The number of hydrogen-bond acceptors (Lipinski definition) is 4. The van der Waals surface area contributed by atoms with E-state index in [-0.39, 0.29) is 0 Å². The van der Waals surface area contributed by atoms with Crippen molar-refractivity contribution in [3.63, 3.8) is 0 Å². The Bertz CT molecular complexity index is 469. The van der Waals surface area contributed by atoms with E-state index in [9.17, 15) is 4.79 Å². The van der Waals surface area contributed by atoms with Crippen molar-refractivity contribution < 1.29 is 14.1 Å². The number of nitrogen functional groups attached to an aromatic ring is 1. The van der Waals surface area contributed by atoms with E-state index in [1.807, 2.05) is 27.7 Å². The van der Waals surface area contributed by atoms with Crippen LogP contribution in [0.4, 0.5) is 5.69 Å². The normalized spacial score (nSPS) is 21.0. The third-order valence-corrected chi connectivity index (χ3v) is 3.74. The van der Waals surface area contributed by atoms with Crippen LogP contribution in [0.25, 0.3) is 0 Å². The van der Waals surface area contributed by atoms with E-state index in [1.54, 1.807) is 18.2 Å². The first kappa shape index (κ1) is 13.1. The van der Waals surface area contributed by atoms with Crippen LogP contribution >= 0.6 is 0 Å². The molecule has 0 unspecified atom stereocenters. The topological polar surface area (TPSA) is 61.5 Å². The molecule has 1 fully saturated rings. The van der Waals surface area contributed by atoms with Crippen LogP contribution < -0.4 is 11.2 Å². The molecular weight excluding hydrogens is 229 g/mol. The Hall–Kier alpha value is -1.33. The van der Waals surface area contributed by atoms with Gasteiger partial charge < -0.3 is 15.0 Å². The standard InChI is InChI=1S/C13H18BNO3/c1-12(2)13(3,4)18-14(17-12)11-7-10(15)6-5-9(11)8-16/h5-8H,15H2,1-4H3. The summed E-state index contributed by atoms with van der Waals surface area (Å²) in [7, 11) is -0.557. The fraction of sp³-hybridized carbons (Fsp3) is 0.462. The molecule has 2 N–H and O–H groups in total. The van der Waals surface area contributed by atoms with Gasteiger partial charge in [0.2, 0.25) is 0 Å². The number of carbonyl (C=O) groups excluding carboxylic acids is 1. The van der Waals surface area contributed by atoms with E-state index in [1.165, 1.54) is 0 Å². The van der Waals surface area contributed by atoms with Gasteiger partial charge in [-0.25, -0.2) is 0 Å². The molecule has 5 heteroatoms. The van der Waals surface area contributed by atoms with Gasteiger partial charge in [0.05, 0.1) is 11.2 Å². The summed E-state index contributed by atoms with van der Waals surface area (Å²) >= 11 is 0. The van der Waals surface area contributed by atoms with Gasteiger partial charge in [0.1, 0.15) is 6.29 Å². The molecule has 1 aromatic rings. The molecule has 0 radical (unpaired) electrons. The van der Waals surface area contributed by atoms with Gasteiger partial charge in [0.15, 0.2) is 0 Å². The SMILES string of the molecule is CC1(C)OB(c2cc(N)ccc2C=O)OC1(C)C. The molecule has 0 bridgehead atoms. The smallest absolute Gasteiger partial charge is 0.399 e. The van der Waals surface area contributed by atoms with E-state index < -0.39 is 18.3 Å². The zero-order valence-electron chi connectivity index (χ0n) is 11.2. The first-order valence-electron chi connectivity index (χ1n) is 5.97. The Morgan fingerprint density at radius 2 is 1.72 bits per heavy atom. The number of hydrogen-bond donors (Lipinski definition) is 1. The number of benzene rings is 1. The molecule has 1 aliphatic rings. The lowest BCUT2D eigenvalue weighted by atomic mass is 9.76. The van der Waals surface area contributed by atoms with Crippen molar-refractivity contribution in [1.82, 2.24) is 0 Å². The van der Waals surface area contributed by atoms with E-state index >= 15 is 0 Å².